The van der Waals surface area contributed by atoms with Crippen molar-refractivity contribution in [1.29, 1.82) is 0 Å². The van der Waals surface area contributed by atoms with Crippen molar-refractivity contribution in [2.45, 2.75) is 18.5 Å². The smallest absolute Gasteiger partial charge is 0.311 e. The molecule has 22 heavy (non-hydrogen) atoms. The second-order valence-corrected chi connectivity index (χ2v) is 4.18. The van der Waals surface area contributed by atoms with Gasteiger partial charge in [0.1, 0.15) is 0 Å². The first-order valence-corrected chi connectivity index (χ1v) is 5.38. The number of nitrogens with one attached hydrogen (secondary N) is 1. The summed E-state index contributed by atoms with van der Waals surface area (Å²) in [7, 11) is 0. The molecule has 12 heteroatoms. The van der Waals surface area contributed by atoms with E-state index in [4.69, 9.17) is 0 Å². The van der Waals surface area contributed by atoms with E-state index in [1.807, 2.05) is 0 Å². The summed E-state index contributed by atoms with van der Waals surface area (Å²) in [6.45, 7) is 0. The van der Waals surface area contributed by atoms with Crippen molar-refractivity contribution in [2.24, 2.45) is 0 Å². The van der Waals surface area contributed by atoms with Crippen LogP contribution in [0.3, 0.4) is 0 Å². The molecule has 1 aromatic rings. The molecular weight excluding hydrogens is 357 g/mol. The molecule has 124 valence electrons. The number of rotatable bonds is 1. The van der Waals surface area contributed by atoms with Crippen molar-refractivity contribution in [3.63, 3.8) is 0 Å². The van der Waals surface area contributed by atoms with E-state index in [0.29, 0.717) is 0 Å². The average Bonchev–Trinajstić information content (AvgIpc) is 2.23. The number of amides is 1. The van der Waals surface area contributed by atoms with Crippen molar-refractivity contribution in [1.82, 2.24) is 0 Å². The Morgan fingerprint density at radius 1 is 0.818 bits per heavy atom. The van der Waals surface area contributed by atoms with Crippen LogP contribution in [0.5, 0.6) is 0 Å². The molecule has 0 atom stereocenters. The third kappa shape index (κ3) is 4.18. The van der Waals surface area contributed by atoms with E-state index in [2.05, 4.69) is 11.6 Å². The van der Waals surface area contributed by atoms with Gasteiger partial charge in [-0.3, -0.25) is 4.79 Å². The summed E-state index contributed by atoms with van der Waals surface area (Å²) < 4.78 is 114. The van der Waals surface area contributed by atoms with E-state index in [0.717, 1.165) is 5.32 Å². The zero-order valence-corrected chi connectivity index (χ0v) is 10.6. The van der Waals surface area contributed by atoms with Crippen molar-refractivity contribution in [3.05, 3.63) is 28.8 Å². The lowest BCUT2D eigenvalue weighted by Gasteiger charge is -2.20. The normalized spacial score (nSPS) is 13.2. The van der Waals surface area contributed by atoms with Gasteiger partial charge in [-0.25, -0.2) is 0 Å². The van der Waals surface area contributed by atoms with Gasteiger partial charge in [-0.2, -0.15) is 39.5 Å². The van der Waals surface area contributed by atoms with Crippen LogP contribution >= 0.6 is 11.6 Å². The monoisotopic (exact) mass is 359 g/mol. The Labute approximate surface area is 120 Å². The van der Waals surface area contributed by atoms with Crippen LogP contribution in [0, 0.1) is 0 Å². The summed E-state index contributed by atoms with van der Waals surface area (Å²) in [5.74, 6) is 0. The summed E-state index contributed by atoms with van der Waals surface area (Å²) in [6.07, 6.45) is -16.6. The Balaban J connectivity index is 3.81. The van der Waals surface area contributed by atoms with E-state index < -0.39 is 58.4 Å². The Hall–Kier alpha value is -1.65. The Bertz CT molecular complexity index is 553. The summed E-state index contributed by atoms with van der Waals surface area (Å²) in [6, 6.07) is -1.09. The number of carbonyl (C=O) groups is 1. The molecule has 0 aliphatic carbocycles. The highest BCUT2D eigenvalue weighted by molar-refractivity contribution is 6.65. The van der Waals surface area contributed by atoms with Gasteiger partial charge in [0.05, 0.1) is 22.4 Å². The predicted molar refractivity (Wildman–Crippen MR) is 56.3 cm³/mol. The SMILES string of the molecule is O=C(Cl)Nc1c(C(F)(F)F)cc(C(F)(F)F)cc1C(F)(F)F. The number of benzene rings is 1. The summed E-state index contributed by atoms with van der Waals surface area (Å²) in [5, 5.41) is -0.770. The van der Waals surface area contributed by atoms with E-state index in [1.54, 1.807) is 0 Å². The minimum Gasteiger partial charge on any atom is -0.311 e. The molecule has 0 saturated carbocycles. The highest BCUT2D eigenvalue weighted by Crippen LogP contribution is 2.46. The fourth-order valence-electron chi connectivity index (χ4n) is 1.49. The van der Waals surface area contributed by atoms with Gasteiger partial charge in [-0.15, -0.1) is 0 Å². The Kier molecular flexibility index (Phi) is 4.62. The lowest BCUT2D eigenvalue weighted by atomic mass is 10.0. The molecule has 0 saturated heterocycles. The van der Waals surface area contributed by atoms with Gasteiger partial charge in [-0.1, -0.05) is 0 Å². The van der Waals surface area contributed by atoms with Gasteiger partial charge in [-0.05, 0) is 23.7 Å². The minimum absolute atomic E-state index is 0.544. The molecule has 0 unspecified atom stereocenters. The number of halogens is 10. The highest BCUT2D eigenvalue weighted by atomic mass is 35.5. The second-order valence-electron chi connectivity index (χ2n) is 3.84. The predicted octanol–water partition coefficient (Wildman–Crippen LogP) is 5.51. The zero-order chi connectivity index (χ0) is 17.5. The van der Waals surface area contributed by atoms with E-state index >= 15 is 0 Å². The van der Waals surface area contributed by atoms with Crippen LogP contribution in [0.15, 0.2) is 12.1 Å². The molecule has 1 amide bonds. The molecule has 0 aromatic heterocycles. The fourth-order valence-corrected chi connectivity index (χ4v) is 1.58. The van der Waals surface area contributed by atoms with Crippen molar-refractivity contribution < 1.29 is 44.3 Å². The maximum absolute atomic E-state index is 12.7. The standard InChI is InChI=1S/C10H3ClF9NO/c11-7(22)21-6-4(9(15,16)17)1-3(8(12,13)14)2-5(6)10(18,19)20/h1-2H,(H,21,22). The maximum atomic E-state index is 12.7. The fraction of sp³-hybridized carbons (Fsp3) is 0.300. The lowest BCUT2D eigenvalue weighted by molar-refractivity contribution is -0.147. The van der Waals surface area contributed by atoms with Crippen LogP contribution in [-0.2, 0) is 18.5 Å². The molecule has 1 N–H and O–H groups in total. The Morgan fingerprint density at radius 3 is 1.41 bits per heavy atom. The molecule has 0 heterocycles. The van der Waals surface area contributed by atoms with Gasteiger partial charge in [0, 0.05) is 0 Å². The largest absolute Gasteiger partial charge is 0.418 e. The topological polar surface area (TPSA) is 29.1 Å². The van der Waals surface area contributed by atoms with E-state index in [9.17, 15) is 44.3 Å². The van der Waals surface area contributed by atoms with Gasteiger partial charge in [0.15, 0.2) is 0 Å². The third-order valence-corrected chi connectivity index (χ3v) is 2.39. The summed E-state index contributed by atoms with van der Waals surface area (Å²) in [4.78, 5) is 10.6. The van der Waals surface area contributed by atoms with Gasteiger partial charge in [0.25, 0.3) is 0 Å². The van der Waals surface area contributed by atoms with Crippen molar-refractivity contribution in [2.75, 3.05) is 5.32 Å². The van der Waals surface area contributed by atoms with E-state index in [1.165, 1.54) is 0 Å². The first kappa shape index (κ1) is 18.4. The van der Waals surface area contributed by atoms with Crippen LogP contribution in [0.4, 0.5) is 50.0 Å². The quantitative estimate of drug-likeness (QED) is 0.399. The van der Waals surface area contributed by atoms with Crippen LogP contribution in [0.2, 0.25) is 0 Å². The van der Waals surface area contributed by atoms with Crippen LogP contribution in [0.25, 0.3) is 0 Å². The summed E-state index contributed by atoms with van der Waals surface area (Å²) in [5.41, 5.74) is -8.69. The number of hydrogen-bond donors (Lipinski definition) is 1. The number of carbonyl (C=O) groups excluding carboxylic acids is 1. The molecule has 1 rings (SSSR count). The average molecular weight is 360 g/mol. The second kappa shape index (κ2) is 5.52. The number of anilines is 1. The highest BCUT2D eigenvalue weighted by Gasteiger charge is 2.45. The third-order valence-electron chi connectivity index (χ3n) is 2.30. The first-order chi connectivity index (χ1) is 9.64. The molecule has 0 aliphatic heterocycles. The van der Waals surface area contributed by atoms with Gasteiger partial charge in [0.2, 0.25) is 0 Å². The molecule has 1 aromatic carbocycles. The van der Waals surface area contributed by atoms with Crippen LogP contribution in [0.1, 0.15) is 16.7 Å². The molecule has 0 fully saturated rings. The minimum atomic E-state index is -5.59. The lowest BCUT2D eigenvalue weighted by Crippen LogP contribution is -2.20. The Morgan fingerprint density at radius 2 is 1.18 bits per heavy atom. The van der Waals surface area contributed by atoms with Crippen molar-refractivity contribution in [3.8, 4) is 0 Å². The van der Waals surface area contributed by atoms with Gasteiger partial charge < -0.3 is 5.32 Å². The van der Waals surface area contributed by atoms with Gasteiger partial charge >= 0.3 is 23.9 Å². The molecular formula is C10H3ClF9NO. The molecule has 0 bridgehead atoms. The summed E-state index contributed by atoms with van der Waals surface area (Å²) >= 11 is 4.68. The number of hydrogen-bond acceptors (Lipinski definition) is 1. The number of alkyl halides is 9. The van der Waals surface area contributed by atoms with E-state index in [-0.39, 0.29) is 0 Å². The van der Waals surface area contributed by atoms with Crippen LogP contribution in [-0.4, -0.2) is 5.37 Å². The molecule has 0 aliphatic rings. The molecule has 2 nitrogen and oxygen atoms in total. The van der Waals surface area contributed by atoms with Crippen molar-refractivity contribution >= 4 is 22.7 Å². The molecule has 0 spiro atoms. The zero-order valence-electron chi connectivity index (χ0n) is 9.84. The van der Waals surface area contributed by atoms with Crippen LogP contribution < -0.4 is 5.32 Å². The maximum Gasteiger partial charge on any atom is 0.418 e. The first-order valence-electron chi connectivity index (χ1n) is 5.00. The molecule has 0 radical (unpaired) electrons.